The molecule has 1 unspecified atom stereocenters. The Kier molecular flexibility index (Phi) is 34.8. The van der Waals surface area contributed by atoms with Gasteiger partial charge in [0.05, 0.1) is 27.7 Å². The molecule has 0 saturated heterocycles. The Bertz CT molecular complexity index is 1110. The Morgan fingerprint density at radius 3 is 1.57 bits per heavy atom. The van der Waals surface area contributed by atoms with Crippen LogP contribution in [0.5, 0.6) is 0 Å². The minimum absolute atomic E-state index is 0.0204. The van der Waals surface area contributed by atoms with E-state index in [0.717, 1.165) is 70.6 Å². The maximum Gasteiger partial charge on any atom is 0.472 e. The largest absolute Gasteiger partial charge is 0.472 e. The smallest absolute Gasteiger partial charge is 0.462 e. The molecule has 0 aliphatic rings. The maximum absolute atomic E-state index is 12.7. The number of esters is 2. The third kappa shape index (κ3) is 39.4. The van der Waals surface area contributed by atoms with E-state index in [2.05, 4.69) is 74.6 Å². The van der Waals surface area contributed by atoms with Crippen LogP contribution >= 0.6 is 7.82 Å². The van der Waals surface area contributed by atoms with Crippen molar-refractivity contribution >= 4 is 19.8 Å². The summed E-state index contributed by atoms with van der Waals surface area (Å²) in [6.45, 7) is 4.27. The number of hydrogen-bond acceptors (Lipinski definition) is 7. The second kappa shape index (κ2) is 36.4. The molecule has 0 saturated carbocycles. The highest BCUT2D eigenvalue weighted by atomic mass is 31.2. The van der Waals surface area contributed by atoms with Crippen LogP contribution in [0.25, 0.3) is 0 Å². The third-order valence-electron chi connectivity index (χ3n) is 8.50. The van der Waals surface area contributed by atoms with Gasteiger partial charge in [0.1, 0.15) is 19.8 Å². The molecule has 10 heteroatoms. The van der Waals surface area contributed by atoms with Gasteiger partial charge in [-0.3, -0.25) is 18.6 Å². The van der Waals surface area contributed by atoms with Crippen molar-refractivity contribution in [3.63, 3.8) is 0 Å². The number of rotatable bonds is 37. The van der Waals surface area contributed by atoms with Crippen LogP contribution in [0.2, 0.25) is 0 Å². The molecule has 0 aliphatic carbocycles. The number of likely N-dealkylation sites (N-methyl/N-ethyl adjacent to an activating group) is 1. The molecule has 2 atom stereocenters. The summed E-state index contributed by atoms with van der Waals surface area (Å²) in [5.41, 5.74) is 0. The summed E-state index contributed by atoms with van der Waals surface area (Å²) in [4.78, 5) is 35.3. The van der Waals surface area contributed by atoms with E-state index in [-0.39, 0.29) is 26.1 Å². The molecule has 1 N–H and O–H groups in total. The van der Waals surface area contributed by atoms with Gasteiger partial charge in [0.15, 0.2) is 6.10 Å². The molecule has 0 rings (SSSR count). The summed E-state index contributed by atoms with van der Waals surface area (Å²) in [6.07, 6.45) is 42.7. The summed E-state index contributed by atoms with van der Waals surface area (Å²) < 4.78 is 34.2. The number of ether oxygens (including phenoxy) is 2. The fourth-order valence-electron chi connectivity index (χ4n) is 5.17. The lowest BCUT2D eigenvalue weighted by atomic mass is 10.1. The van der Waals surface area contributed by atoms with Crippen molar-refractivity contribution in [1.82, 2.24) is 0 Å². The van der Waals surface area contributed by atoms with Crippen molar-refractivity contribution < 1.29 is 42.1 Å². The van der Waals surface area contributed by atoms with Crippen molar-refractivity contribution in [3.05, 3.63) is 60.8 Å². The second-order valence-corrected chi connectivity index (χ2v) is 16.5. The van der Waals surface area contributed by atoms with E-state index >= 15 is 0 Å². The van der Waals surface area contributed by atoms with Crippen LogP contribution in [0.3, 0.4) is 0 Å². The van der Waals surface area contributed by atoms with Crippen molar-refractivity contribution in [2.24, 2.45) is 0 Å². The SMILES string of the molecule is CCC/C=C/C/C=C/C/C=C/C/C=C/CCCCCC(=O)O[C@H](COC(=O)CCCCC/C=C/CCCCCCCC)COP(=O)(O)OCC[N+](C)(C)C. The highest BCUT2D eigenvalue weighted by Crippen LogP contribution is 2.43. The van der Waals surface area contributed by atoms with Crippen molar-refractivity contribution in [1.29, 1.82) is 0 Å². The van der Waals surface area contributed by atoms with Gasteiger partial charge in [-0.25, -0.2) is 4.57 Å². The number of carbonyl (C=O) groups is 2. The molecular formula is C44H79NO8P+. The lowest BCUT2D eigenvalue weighted by Crippen LogP contribution is -2.37. The molecule has 0 heterocycles. The van der Waals surface area contributed by atoms with Crippen molar-refractivity contribution in [2.45, 2.75) is 161 Å². The number of hydrogen-bond donors (Lipinski definition) is 1. The van der Waals surface area contributed by atoms with Crippen LogP contribution < -0.4 is 0 Å². The molecule has 0 spiro atoms. The highest BCUT2D eigenvalue weighted by molar-refractivity contribution is 7.47. The number of allylic oxidation sites excluding steroid dienone is 10. The molecule has 0 aromatic heterocycles. The topological polar surface area (TPSA) is 108 Å². The first-order valence-corrected chi connectivity index (χ1v) is 22.5. The summed E-state index contributed by atoms with van der Waals surface area (Å²) in [6, 6.07) is 0. The van der Waals surface area contributed by atoms with E-state index in [1.807, 2.05) is 21.1 Å². The average molecular weight is 781 g/mol. The van der Waals surface area contributed by atoms with E-state index in [1.165, 1.54) is 44.9 Å². The molecule has 0 aromatic rings. The summed E-state index contributed by atoms with van der Waals surface area (Å²) in [5, 5.41) is 0. The van der Waals surface area contributed by atoms with Gasteiger partial charge in [0.2, 0.25) is 0 Å². The molecular weight excluding hydrogens is 701 g/mol. The summed E-state index contributed by atoms with van der Waals surface area (Å²) >= 11 is 0. The second-order valence-electron chi connectivity index (χ2n) is 15.0. The molecule has 0 radical (unpaired) electrons. The fourth-order valence-corrected chi connectivity index (χ4v) is 5.92. The molecule has 0 aromatic carbocycles. The van der Waals surface area contributed by atoms with Gasteiger partial charge in [-0.1, -0.05) is 126 Å². The number of phosphoric acid groups is 1. The number of phosphoric ester groups is 1. The average Bonchev–Trinajstić information content (AvgIpc) is 3.12. The normalized spacial score (nSPS) is 14.3. The van der Waals surface area contributed by atoms with Crippen LogP contribution in [0, 0.1) is 0 Å². The first-order valence-electron chi connectivity index (χ1n) is 21.0. The van der Waals surface area contributed by atoms with E-state index in [4.69, 9.17) is 18.5 Å². The maximum atomic E-state index is 12.7. The van der Waals surface area contributed by atoms with Crippen LogP contribution in [-0.2, 0) is 32.7 Å². The van der Waals surface area contributed by atoms with Crippen LogP contribution in [-0.4, -0.2) is 74.9 Å². The standard InChI is InChI=1S/C44H78NO8P/c1-6-8-10-12-14-16-18-20-21-22-23-25-27-29-31-33-35-37-44(47)53-42(41-52-54(48,49)51-39-38-45(3,4)5)40-50-43(46)36-34-32-30-28-26-24-19-17-15-13-11-9-7-2/h10,12,16,18,21-22,24-27,42H,6-9,11,13-15,17,19-20,23,28-41H2,1-5H3/p+1/b12-10+,18-16+,22-21+,26-24+,27-25+/t42-/m1/s1. The predicted molar refractivity (Wildman–Crippen MR) is 224 cm³/mol. The number of quaternary nitrogens is 1. The fraction of sp³-hybridized carbons (Fsp3) is 0.727. The zero-order valence-electron chi connectivity index (χ0n) is 34.9. The van der Waals surface area contributed by atoms with Gasteiger partial charge in [-0.15, -0.1) is 0 Å². The third-order valence-corrected chi connectivity index (χ3v) is 9.49. The van der Waals surface area contributed by atoms with E-state index in [0.29, 0.717) is 23.9 Å². The first-order chi connectivity index (χ1) is 26.0. The Hall–Kier alpha value is -2.29. The number of nitrogens with zero attached hydrogens (tertiary/aromatic N) is 1. The minimum atomic E-state index is -4.39. The van der Waals surface area contributed by atoms with Crippen LogP contribution in [0.1, 0.15) is 155 Å². The van der Waals surface area contributed by atoms with Crippen molar-refractivity contribution in [2.75, 3.05) is 47.5 Å². The van der Waals surface area contributed by atoms with Gasteiger partial charge in [-0.2, -0.15) is 0 Å². The number of carbonyl (C=O) groups excluding carboxylic acids is 2. The van der Waals surface area contributed by atoms with E-state index in [1.54, 1.807) is 0 Å². The van der Waals surface area contributed by atoms with Crippen molar-refractivity contribution in [3.8, 4) is 0 Å². The zero-order chi connectivity index (χ0) is 40.0. The summed E-state index contributed by atoms with van der Waals surface area (Å²) in [5.74, 6) is -0.859. The van der Waals surface area contributed by atoms with Crippen LogP contribution in [0.4, 0.5) is 0 Å². The quantitative estimate of drug-likeness (QED) is 0.0218. The van der Waals surface area contributed by atoms with Gasteiger partial charge in [0.25, 0.3) is 0 Å². The minimum Gasteiger partial charge on any atom is -0.462 e. The summed E-state index contributed by atoms with van der Waals surface area (Å²) in [7, 11) is 1.44. The predicted octanol–water partition coefficient (Wildman–Crippen LogP) is 11.7. The lowest BCUT2D eigenvalue weighted by molar-refractivity contribution is -0.870. The van der Waals surface area contributed by atoms with Gasteiger partial charge < -0.3 is 18.9 Å². The van der Waals surface area contributed by atoms with Crippen LogP contribution in [0.15, 0.2) is 60.8 Å². The molecule has 0 fully saturated rings. The van der Waals surface area contributed by atoms with E-state index in [9.17, 15) is 19.0 Å². The monoisotopic (exact) mass is 781 g/mol. The molecule has 54 heavy (non-hydrogen) atoms. The molecule has 9 nitrogen and oxygen atoms in total. The first kappa shape index (κ1) is 51.7. The Morgan fingerprint density at radius 2 is 1.04 bits per heavy atom. The zero-order valence-corrected chi connectivity index (χ0v) is 35.8. The Labute approximate surface area is 330 Å². The lowest BCUT2D eigenvalue weighted by Gasteiger charge is -2.24. The Morgan fingerprint density at radius 1 is 0.574 bits per heavy atom. The highest BCUT2D eigenvalue weighted by Gasteiger charge is 2.27. The van der Waals surface area contributed by atoms with E-state index < -0.39 is 32.5 Å². The molecule has 0 bridgehead atoms. The van der Waals surface area contributed by atoms with Gasteiger partial charge in [0, 0.05) is 12.8 Å². The number of unbranched alkanes of at least 4 members (excludes halogenated alkanes) is 13. The van der Waals surface area contributed by atoms with Gasteiger partial charge in [-0.05, 0) is 77.0 Å². The van der Waals surface area contributed by atoms with Gasteiger partial charge >= 0.3 is 19.8 Å². The molecule has 312 valence electrons. The molecule has 0 amide bonds. The Balaban J connectivity index is 4.49. The molecule has 0 aliphatic heterocycles.